The molecule has 0 unspecified atom stereocenters. The third kappa shape index (κ3) is 41.2. The van der Waals surface area contributed by atoms with Crippen molar-refractivity contribution < 1.29 is 23.5 Å². The Hall–Kier alpha value is -6.96. The van der Waals surface area contributed by atoms with E-state index in [0.717, 1.165) is 38.9 Å². The van der Waals surface area contributed by atoms with Crippen molar-refractivity contribution in [3.8, 4) is 0 Å². The lowest BCUT2D eigenvalue weighted by molar-refractivity contribution is -0.130. The Morgan fingerprint density at radius 1 is 0.512 bits per heavy atom. The van der Waals surface area contributed by atoms with E-state index in [9.17, 15) is 33.6 Å². The van der Waals surface area contributed by atoms with Gasteiger partial charge in [-0.2, -0.15) is 29.8 Å². The van der Waals surface area contributed by atoms with E-state index in [4.69, 9.17) is 4.74 Å². The first-order valence-electron chi connectivity index (χ1n) is 31.4. The molecule has 3 amide bonds. The van der Waals surface area contributed by atoms with Crippen LogP contribution in [0.2, 0.25) is 0 Å². The number of amides is 3. The zero-order valence-electron chi connectivity index (χ0n) is 59.5. The van der Waals surface area contributed by atoms with Crippen LogP contribution in [-0.2, 0) is 14.3 Å². The number of tetrazole rings is 1. The molecule has 4 aliphatic rings. The molecule has 27 nitrogen and oxygen atoms in total. The van der Waals surface area contributed by atoms with Gasteiger partial charge in [0.1, 0.15) is 19.3 Å². The highest BCUT2D eigenvalue weighted by Gasteiger charge is 2.24. The van der Waals surface area contributed by atoms with Crippen molar-refractivity contribution in [3.05, 3.63) is 60.5 Å². The van der Waals surface area contributed by atoms with E-state index in [1.54, 1.807) is 18.0 Å². The van der Waals surface area contributed by atoms with E-state index in [1.807, 2.05) is 191 Å². The normalized spacial score (nSPS) is 12.8. The van der Waals surface area contributed by atoms with Gasteiger partial charge in [-0.05, 0) is 128 Å². The molecule has 3 N–H and O–H groups in total. The second-order valence-electron chi connectivity index (χ2n) is 18.6. The van der Waals surface area contributed by atoms with Crippen molar-refractivity contribution in [2.24, 2.45) is 10.2 Å². The van der Waals surface area contributed by atoms with Gasteiger partial charge < -0.3 is 19.0 Å². The number of nitrogens with one attached hydrogen (secondary N) is 3. The number of nitrogens with zero attached hydrogens (tertiary/aromatic N) is 15. The molecule has 4 aliphatic heterocycles. The monoisotopic (exact) mass is 1230 g/mol. The topological polar surface area (TPSA) is 311 Å². The van der Waals surface area contributed by atoms with Crippen molar-refractivity contribution >= 4 is 30.3 Å². The van der Waals surface area contributed by atoms with Crippen LogP contribution < -0.4 is 22.8 Å². The SMILES string of the molecule is CC.CC.CC.CC.CC.CC.CC.CC(C)N1CCC=N1.CC(C)N1CCCC1=O.CC(C)N1CCOC1=O.CC(C)N1N=CCC1=O.CC(C)n1cn[nH]c1=O.CC(C)n1nc[nH]c1=O.CC(C)n1nn[nH]c1=O.Cc1nn(C(C)C)c(=O)o1. The zero-order valence-corrected chi connectivity index (χ0v) is 59.5. The molecule has 27 heteroatoms. The molecular weight excluding hydrogens is 1100 g/mol. The Labute approximate surface area is 517 Å². The second-order valence-corrected chi connectivity index (χ2v) is 18.6. The number of H-pyrrole nitrogens is 3. The molecule has 0 radical (unpaired) electrons. The quantitative estimate of drug-likeness (QED) is 0.148. The first kappa shape index (κ1) is 92.8. The fourth-order valence-electron chi connectivity index (χ4n) is 6.19. The summed E-state index contributed by atoms with van der Waals surface area (Å²) in [5.41, 5.74) is -0.556. The lowest BCUT2D eigenvalue weighted by atomic mass is 10.3. The van der Waals surface area contributed by atoms with Gasteiger partial charge in [-0.1, -0.05) is 96.9 Å². The Morgan fingerprint density at radius 3 is 1.22 bits per heavy atom. The third-order valence-corrected chi connectivity index (χ3v) is 10.0. The number of likely N-dealkylation sites (tertiary alicyclic amines) is 1. The molecule has 0 atom stereocenters. The van der Waals surface area contributed by atoms with Gasteiger partial charge in [0.2, 0.25) is 17.7 Å². The van der Waals surface area contributed by atoms with Crippen LogP contribution in [0.15, 0.2) is 46.5 Å². The predicted molar refractivity (Wildman–Crippen MR) is 352 cm³/mol. The van der Waals surface area contributed by atoms with Crippen LogP contribution in [0, 0.1) is 6.92 Å². The first-order valence-corrected chi connectivity index (χ1v) is 31.4. The summed E-state index contributed by atoms with van der Waals surface area (Å²) in [6.07, 6.45) is 9.73. The van der Waals surface area contributed by atoms with Crippen LogP contribution in [-0.4, -0.2) is 160 Å². The van der Waals surface area contributed by atoms with Crippen molar-refractivity contribution in [3.63, 3.8) is 0 Å². The van der Waals surface area contributed by atoms with E-state index in [1.165, 1.54) is 36.3 Å². The fraction of sp³-hybridized carbons (Fsp3) is 0.797. The third-order valence-electron chi connectivity index (χ3n) is 10.0. The summed E-state index contributed by atoms with van der Waals surface area (Å²) in [7, 11) is 0. The van der Waals surface area contributed by atoms with E-state index in [0.29, 0.717) is 36.9 Å². The average molecular weight is 1230 g/mol. The molecule has 0 bridgehead atoms. The highest BCUT2D eigenvalue weighted by molar-refractivity contribution is 5.93. The molecule has 4 aromatic rings. The maximum absolute atomic E-state index is 10.9. The average Bonchev–Trinajstić information content (AvgIpc) is 4.42. The molecule has 86 heavy (non-hydrogen) atoms. The minimum atomic E-state index is -0.382. The largest absolute Gasteiger partial charge is 0.448 e. The Kier molecular flexibility index (Phi) is 63.0. The molecule has 0 saturated carbocycles. The molecule has 2 fully saturated rings. The molecule has 504 valence electrons. The van der Waals surface area contributed by atoms with Crippen LogP contribution in [0.4, 0.5) is 4.79 Å². The number of cyclic esters (lactones) is 1. The van der Waals surface area contributed by atoms with Gasteiger partial charge in [-0.3, -0.25) is 24.1 Å². The van der Waals surface area contributed by atoms with Gasteiger partial charge in [0.15, 0.2) is 0 Å². The van der Waals surface area contributed by atoms with Gasteiger partial charge >= 0.3 is 28.9 Å². The Balaban J connectivity index is -0.000000161. The van der Waals surface area contributed by atoms with Crippen LogP contribution in [0.5, 0.6) is 0 Å². The number of hydrazone groups is 2. The molecule has 0 spiro atoms. The standard InChI is InChI=1S/C7H13NO.C6H10N2O2.C6H10N2O.C6H12N2.C6H11NO2.2C5H9N3O.C4H8N4O.7C2H6/c1-6(2)8-5-3-4-7(8)9;1-4(2)8-6(9)10-5(3)7-8;1-5(2)8-6(9)3-4-7-8;1-6(2)8-5-3-4-7-8;1-5(2)7-3-4-9-6(7)8;1-4(2)8-3-6-7-5(8)9;1-4(2)8-5(9)6-3-7-8;1-3(2)8-4(9)5-6-7-8;7*1-2/h6H,3-5H2,1-2H3;4H,1-3H3;4-5H,3H2,1-2H3;4,6H,3,5H2,1-2H3;5H,3-4H2,1-2H3;3-4H,1-2H3,(H,7,9);3-4H,1-2H3,(H,6,7,9);3H,1-2H3,(H,5,7,9);7*1-2H3. The zero-order chi connectivity index (χ0) is 68.8. The molecule has 0 aromatic carbocycles. The molecule has 8 rings (SSSR count). The maximum atomic E-state index is 10.9. The lowest BCUT2D eigenvalue weighted by Crippen LogP contribution is -2.31. The second kappa shape index (κ2) is 58.4. The summed E-state index contributed by atoms with van der Waals surface area (Å²) >= 11 is 0. The van der Waals surface area contributed by atoms with Gasteiger partial charge in [-0.25, -0.2) is 43.9 Å². The highest BCUT2D eigenvalue weighted by atomic mass is 16.6. The Bertz CT molecular complexity index is 2310. The number of carbonyl (C=O) groups is 3. The van der Waals surface area contributed by atoms with Crippen LogP contribution in [0.1, 0.15) is 263 Å². The van der Waals surface area contributed by atoms with Gasteiger partial charge in [0, 0.05) is 75.5 Å². The summed E-state index contributed by atoms with van der Waals surface area (Å²) in [6.45, 7) is 64.5. The van der Waals surface area contributed by atoms with E-state index < -0.39 is 0 Å². The Morgan fingerprint density at radius 2 is 1.03 bits per heavy atom. The van der Waals surface area contributed by atoms with Crippen LogP contribution in [0.25, 0.3) is 0 Å². The van der Waals surface area contributed by atoms with Crippen molar-refractivity contribution in [2.75, 3.05) is 26.2 Å². The molecule has 8 heterocycles. The van der Waals surface area contributed by atoms with Crippen molar-refractivity contribution in [2.45, 2.75) is 289 Å². The number of aromatic nitrogens is 12. The number of rotatable bonds is 8. The van der Waals surface area contributed by atoms with Crippen molar-refractivity contribution in [1.29, 1.82) is 0 Å². The fourth-order valence-corrected chi connectivity index (χ4v) is 6.19. The maximum Gasteiger partial charge on any atom is 0.437 e. The number of aromatic amines is 3. The number of aryl methyl sites for hydroxylation is 1. The predicted octanol–water partition coefficient (Wildman–Crippen LogP) is 11.3. The van der Waals surface area contributed by atoms with Gasteiger partial charge in [0.05, 0.1) is 31.1 Å². The molecule has 0 aliphatic carbocycles. The van der Waals surface area contributed by atoms with Crippen molar-refractivity contribution in [1.82, 2.24) is 79.3 Å². The summed E-state index contributed by atoms with van der Waals surface area (Å²) in [5.74, 6) is 0.459. The number of carbonyl (C=O) groups excluding carboxylic acids is 3. The molecule has 4 aromatic heterocycles. The summed E-state index contributed by atoms with van der Waals surface area (Å²) < 4.78 is 14.9. The van der Waals surface area contributed by atoms with E-state index in [2.05, 4.69) is 88.2 Å². The molecule has 2 saturated heterocycles. The number of hydrogen-bond donors (Lipinski definition) is 3. The number of ether oxygens (including phenoxy) is 1. The highest BCUT2D eigenvalue weighted by Crippen LogP contribution is 2.12. The molecular formula is C59H124N18O9. The minimum absolute atomic E-state index is 0.0740. The summed E-state index contributed by atoms with van der Waals surface area (Å²) in [5, 5.41) is 34.1. The van der Waals surface area contributed by atoms with Crippen LogP contribution >= 0.6 is 0 Å². The van der Waals surface area contributed by atoms with E-state index >= 15 is 0 Å². The van der Waals surface area contributed by atoms with Crippen LogP contribution in [0.3, 0.4) is 0 Å². The first-order chi connectivity index (χ1) is 40.7. The minimum Gasteiger partial charge on any atom is -0.448 e. The number of hydrogen-bond acceptors (Lipinski definition) is 17. The lowest BCUT2D eigenvalue weighted by Gasteiger charge is -2.19. The van der Waals surface area contributed by atoms with E-state index in [-0.39, 0.29) is 71.1 Å². The summed E-state index contributed by atoms with van der Waals surface area (Å²) in [4.78, 5) is 81.4. The van der Waals surface area contributed by atoms with Gasteiger partial charge in [-0.15, -0.1) is 5.10 Å². The van der Waals surface area contributed by atoms with Gasteiger partial charge in [0.25, 0.3) is 0 Å². The smallest absolute Gasteiger partial charge is 0.437 e. The summed E-state index contributed by atoms with van der Waals surface area (Å²) in [6, 6.07) is 1.95.